The summed E-state index contributed by atoms with van der Waals surface area (Å²) in [5, 5.41) is 32.8. The highest BCUT2D eigenvalue weighted by molar-refractivity contribution is 5.98. The molecule has 0 aliphatic rings. The summed E-state index contributed by atoms with van der Waals surface area (Å²) >= 11 is 0. The number of nitro benzene ring substituents is 2. The van der Waals surface area contributed by atoms with Crippen LogP contribution in [0, 0.1) is 20.2 Å². The summed E-state index contributed by atoms with van der Waals surface area (Å²) in [6.07, 6.45) is 0. The average Bonchev–Trinajstić information content (AvgIpc) is 2.22. The Hall–Kier alpha value is -2.91. The maximum atomic E-state index is 10.9. The number of phenols is 1. The third-order valence-electron chi connectivity index (χ3n) is 1.99. The number of anilines is 2. The highest BCUT2D eigenvalue weighted by atomic mass is 16.6. The molecule has 0 unspecified atom stereocenters. The lowest BCUT2D eigenvalue weighted by atomic mass is 10.2. The Morgan fingerprint density at radius 1 is 1.33 bits per heavy atom. The molecule has 0 aliphatic carbocycles. The summed E-state index contributed by atoms with van der Waals surface area (Å²) in [7, 11) is 0. The van der Waals surface area contributed by atoms with E-state index in [0.29, 0.717) is 6.07 Å². The molecule has 10 nitrogen and oxygen atoms in total. The van der Waals surface area contributed by atoms with Gasteiger partial charge >= 0.3 is 11.4 Å². The molecule has 10 heteroatoms. The summed E-state index contributed by atoms with van der Waals surface area (Å²) in [4.78, 5) is 30.2. The Morgan fingerprint density at radius 2 is 1.83 bits per heavy atom. The average molecular weight is 256 g/mol. The number of nitrogen functional groups attached to an aromatic ring is 1. The van der Waals surface area contributed by atoms with E-state index in [1.54, 1.807) is 0 Å². The van der Waals surface area contributed by atoms with Crippen molar-refractivity contribution in [2.24, 2.45) is 0 Å². The van der Waals surface area contributed by atoms with Crippen molar-refractivity contribution in [3.63, 3.8) is 0 Å². The van der Waals surface area contributed by atoms with Gasteiger partial charge in [0, 0.05) is 6.92 Å². The van der Waals surface area contributed by atoms with Gasteiger partial charge in [-0.15, -0.1) is 0 Å². The number of rotatable bonds is 3. The smallest absolute Gasteiger partial charge is 0.319 e. The van der Waals surface area contributed by atoms with E-state index in [9.17, 15) is 30.1 Å². The van der Waals surface area contributed by atoms with E-state index in [2.05, 4.69) is 0 Å². The molecular formula is C8H8N4O6. The maximum Gasteiger partial charge on any atom is 0.319 e. The maximum absolute atomic E-state index is 10.9. The molecule has 0 aromatic heterocycles. The Bertz CT molecular complexity index is 517. The third kappa shape index (κ3) is 2.26. The minimum absolute atomic E-state index is 0.524. The van der Waals surface area contributed by atoms with E-state index in [0.717, 1.165) is 6.92 Å². The van der Waals surface area contributed by atoms with Gasteiger partial charge in [0.2, 0.25) is 11.7 Å². The van der Waals surface area contributed by atoms with E-state index >= 15 is 0 Å². The van der Waals surface area contributed by atoms with Crippen LogP contribution in [0.15, 0.2) is 6.07 Å². The van der Waals surface area contributed by atoms with Crippen LogP contribution in [0.2, 0.25) is 0 Å². The molecule has 0 radical (unpaired) electrons. The largest absolute Gasteiger partial charge is 0.501 e. The molecule has 0 aliphatic heterocycles. The monoisotopic (exact) mass is 256 g/mol. The lowest BCUT2D eigenvalue weighted by molar-refractivity contribution is -0.394. The van der Waals surface area contributed by atoms with Crippen molar-refractivity contribution in [1.29, 1.82) is 0 Å². The van der Waals surface area contributed by atoms with Gasteiger partial charge < -0.3 is 16.2 Å². The van der Waals surface area contributed by atoms with Crippen molar-refractivity contribution in [3.05, 3.63) is 26.3 Å². The molecule has 0 saturated carbocycles. The second kappa shape index (κ2) is 4.53. The van der Waals surface area contributed by atoms with Gasteiger partial charge in [-0.3, -0.25) is 25.0 Å². The number of nitrogens with two attached hydrogens (primary N) is 1. The number of hydrogen-bond donors (Lipinski definition) is 3. The van der Waals surface area contributed by atoms with E-state index in [-0.39, 0.29) is 0 Å². The number of nitrogens with zero attached hydrogens (tertiary/aromatic N) is 2. The SMILES string of the molecule is CC(=O)Nc1c(N)c([N+](=O)[O-])cc([N+](=O)[O-])c1O. The van der Waals surface area contributed by atoms with Crippen LogP contribution in [0.25, 0.3) is 0 Å². The van der Waals surface area contributed by atoms with Crippen LogP contribution in [0.1, 0.15) is 6.92 Å². The first-order chi connectivity index (χ1) is 8.25. The quantitative estimate of drug-likeness (QED) is 0.311. The predicted octanol–water partition coefficient (Wildman–Crippen LogP) is 0.749. The summed E-state index contributed by atoms with van der Waals surface area (Å²) < 4.78 is 0. The fraction of sp³-hybridized carbons (Fsp3) is 0.125. The Balaban J connectivity index is 3.61. The van der Waals surface area contributed by atoms with Crippen LogP contribution >= 0.6 is 0 Å². The van der Waals surface area contributed by atoms with E-state index in [1.165, 1.54) is 0 Å². The number of carbonyl (C=O) groups excluding carboxylic acids is 1. The Kier molecular flexibility index (Phi) is 3.31. The summed E-state index contributed by atoms with van der Waals surface area (Å²) in [5.41, 5.74) is 2.56. The second-order valence-corrected chi connectivity index (χ2v) is 3.25. The van der Waals surface area contributed by atoms with Gasteiger partial charge in [0.05, 0.1) is 9.85 Å². The minimum Gasteiger partial charge on any atom is -0.501 e. The summed E-state index contributed by atoms with van der Waals surface area (Å²) in [5.74, 6) is -1.62. The number of nitrogens with one attached hydrogen (secondary N) is 1. The number of hydrogen-bond acceptors (Lipinski definition) is 7. The molecule has 0 fully saturated rings. The van der Waals surface area contributed by atoms with Gasteiger partial charge in [-0.25, -0.2) is 0 Å². The van der Waals surface area contributed by atoms with Crippen molar-refractivity contribution in [3.8, 4) is 5.75 Å². The molecular weight excluding hydrogens is 248 g/mol. The summed E-state index contributed by atoms with van der Waals surface area (Å²) in [6.45, 7) is 1.06. The number of nitro groups is 2. The lowest BCUT2D eigenvalue weighted by Crippen LogP contribution is -2.10. The zero-order valence-corrected chi connectivity index (χ0v) is 9.04. The van der Waals surface area contributed by atoms with Gasteiger partial charge in [-0.05, 0) is 0 Å². The van der Waals surface area contributed by atoms with Gasteiger partial charge in [0.1, 0.15) is 17.4 Å². The fourth-order valence-electron chi connectivity index (χ4n) is 1.25. The number of amides is 1. The van der Waals surface area contributed by atoms with Crippen LogP contribution in [0.4, 0.5) is 22.7 Å². The number of phenolic OH excluding ortho intramolecular Hbond substituents is 1. The molecule has 1 aromatic rings. The zero-order valence-electron chi connectivity index (χ0n) is 9.04. The van der Waals surface area contributed by atoms with Crippen LogP contribution in [0.5, 0.6) is 5.75 Å². The number of benzene rings is 1. The van der Waals surface area contributed by atoms with Crippen molar-refractivity contribution in [1.82, 2.24) is 0 Å². The Labute approximate surface area is 99.3 Å². The highest BCUT2D eigenvalue weighted by Gasteiger charge is 2.29. The van der Waals surface area contributed by atoms with Crippen molar-refractivity contribution in [2.45, 2.75) is 6.92 Å². The fourth-order valence-corrected chi connectivity index (χ4v) is 1.25. The molecule has 0 saturated heterocycles. The van der Waals surface area contributed by atoms with E-state index < -0.39 is 44.3 Å². The molecule has 1 amide bonds. The molecule has 1 rings (SSSR count). The molecule has 4 N–H and O–H groups in total. The van der Waals surface area contributed by atoms with E-state index in [1.807, 2.05) is 5.32 Å². The molecule has 1 aromatic carbocycles. The van der Waals surface area contributed by atoms with Crippen molar-refractivity contribution in [2.75, 3.05) is 11.1 Å². The molecule has 0 atom stereocenters. The summed E-state index contributed by atoms with van der Waals surface area (Å²) in [6, 6.07) is 0.524. The molecule has 0 spiro atoms. The van der Waals surface area contributed by atoms with Gasteiger partial charge in [0.15, 0.2) is 0 Å². The standard InChI is InChI=1S/C8H8N4O6/c1-3(13)10-7-6(9)4(11(15)16)2-5(8(7)14)12(17)18/h2,14H,9H2,1H3,(H,10,13). The third-order valence-corrected chi connectivity index (χ3v) is 1.99. The van der Waals surface area contributed by atoms with Gasteiger partial charge in [0.25, 0.3) is 0 Å². The lowest BCUT2D eigenvalue weighted by Gasteiger charge is -2.09. The number of carbonyl (C=O) groups is 1. The molecule has 0 bridgehead atoms. The van der Waals surface area contributed by atoms with Crippen LogP contribution < -0.4 is 11.1 Å². The zero-order chi connectivity index (χ0) is 14.0. The predicted molar refractivity (Wildman–Crippen MR) is 60.1 cm³/mol. The molecule has 18 heavy (non-hydrogen) atoms. The van der Waals surface area contributed by atoms with Gasteiger partial charge in [-0.1, -0.05) is 0 Å². The first kappa shape index (κ1) is 13.2. The number of aromatic hydroxyl groups is 1. The van der Waals surface area contributed by atoms with Crippen LogP contribution in [0.3, 0.4) is 0 Å². The van der Waals surface area contributed by atoms with Crippen LogP contribution in [-0.4, -0.2) is 20.9 Å². The Morgan fingerprint density at radius 3 is 2.22 bits per heavy atom. The normalized spacial score (nSPS) is 9.83. The highest BCUT2D eigenvalue weighted by Crippen LogP contribution is 2.43. The molecule has 0 heterocycles. The first-order valence-corrected chi connectivity index (χ1v) is 4.47. The molecule has 96 valence electrons. The minimum atomic E-state index is -1.02. The van der Waals surface area contributed by atoms with Crippen LogP contribution in [-0.2, 0) is 4.79 Å². The van der Waals surface area contributed by atoms with Crippen molar-refractivity contribution < 1.29 is 19.7 Å². The first-order valence-electron chi connectivity index (χ1n) is 4.47. The van der Waals surface area contributed by atoms with Crippen molar-refractivity contribution >= 4 is 28.7 Å². The topological polar surface area (TPSA) is 162 Å². The second-order valence-electron chi connectivity index (χ2n) is 3.25. The van der Waals surface area contributed by atoms with Gasteiger partial charge in [-0.2, -0.15) is 0 Å². The van der Waals surface area contributed by atoms with E-state index in [4.69, 9.17) is 5.73 Å².